The van der Waals surface area contributed by atoms with Crippen molar-refractivity contribution in [1.29, 1.82) is 0 Å². The standard InChI is InChI=1S/C14H22N2O4S/c1-3-4-11(2)20-9-10-21(18,19)13-7-5-12(6-8-13)14(15)16-17/h5-8,11,17H,3-4,9-10H2,1-2H3,(H2,15,16). The maximum atomic E-state index is 12.1. The molecule has 0 spiro atoms. The van der Waals surface area contributed by atoms with Crippen LogP contribution in [0.15, 0.2) is 34.3 Å². The first-order valence-corrected chi connectivity index (χ1v) is 8.48. The lowest BCUT2D eigenvalue weighted by Gasteiger charge is -2.12. The van der Waals surface area contributed by atoms with Gasteiger partial charge in [-0.3, -0.25) is 0 Å². The van der Waals surface area contributed by atoms with E-state index in [9.17, 15) is 8.42 Å². The quantitative estimate of drug-likeness (QED) is 0.329. The van der Waals surface area contributed by atoms with Crippen molar-refractivity contribution in [2.45, 2.75) is 37.7 Å². The van der Waals surface area contributed by atoms with Crippen molar-refractivity contribution in [3.8, 4) is 0 Å². The zero-order valence-corrected chi connectivity index (χ0v) is 13.1. The minimum Gasteiger partial charge on any atom is -0.409 e. The number of nitrogens with two attached hydrogens (primary N) is 1. The predicted octanol–water partition coefficient (Wildman–Crippen LogP) is 1.76. The third-order valence-corrected chi connectivity index (χ3v) is 4.76. The van der Waals surface area contributed by atoms with E-state index in [4.69, 9.17) is 15.7 Å². The summed E-state index contributed by atoms with van der Waals surface area (Å²) in [6, 6.07) is 5.89. The van der Waals surface area contributed by atoms with E-state index in [0.29, 0.717) is 5.56 Å². The van der Waals surface area contributed by atoms with Crippen LogP contribution in [0.2, 0.25) is 0 Å². The Bertz CT molecular complexity index is 567. The molecule has 0 bridgehead atoms. The predicted molar refractivity (Wildman–Crippen MR) is 81.3 cm³/mol. The second kappa shape index (κ2) is 7.99. The first kappa shape index (κ1) is 17.5. The molecule has 0 aromatic heterocycles. The summed E-state index contributed by atoms with van der Waals surface area (Å²) >= 11 is 0. The molecule has 1 atom stereocenters. The summed E-state index contributed by atoms with van der Waals surface area (Å²) in [4.78, 5) is 0.198. The van der Waals surface area contributed by atoms with Gasteiger partial charge < -0.3 is 15.7 Å². The van der Waals surface area contributed by atoms with Gasteiger partial charge in [-0.05, 0) is 37.6 Å². The molecule has 1 rings (SSSR count). The van der Waals surface area contributed by atoms with Gasteiger partial charge in [0.2, 0.25) is 0 Å². The van der Waals surface area contributed by atoms with Gasteiger partial charge in [-0.15, -0.1) is 0 Å². The molecule has 1 unspecified atom stereocenters. The summed E-state index contributed by atoms with van der Waals surface area (Å²) in [7, 11) is -3.39. The van der Waals surface area contributed by atoms with Crippen LogP contribution in [-0.2, 0) is 14.6 Å². The highest BCUT2D eigenvalue weighted by Crippen LogP contribution is 2.13. The Morgan fingerprint density at radius 3 is 2.52 bits per heavy atom. The average Bonchev–Trinajstić information content (AvgIpc) is 2.46. The van der Waals surface area contributed by atoms with Gasteiger partial charge in [0.25, 0.3) is 0 Å². The highest BCUT2D eigenvalue weighted by molar-refractivity contribution is 7.91. The molecule has 0 aliphatic heterocycles. The zero-order chi connectivity index (χ0) is 15.9. The molecule has 0 saturated carbocycles. The fourth-order valence-corrected chi connectivity index (χ4v) is 2.96. The van der Waals surface area contributed by atoms with Crippen LogP contribution < -0.4 is 5.73 Å². The molecular weight excluding hydrogens is 292 g/mol. The Kier molecular flexibility index (Phi) is 6.64. The summed E-state index contributed by atoms with van der Waals surface area (Å²) < 4.78 is 29.7. The van der Waals surface area contributed by atoms with Crippen LogP contribution in [0.4, 0.5) is 0 Å². The van der Waals surface area contributed by atoms with Gasteiger partial charge >= 0.3 is 0 Å². The first-order chi connectivity index (χ1) is 9.90. The van der Waals surface area contributed by atoms with Gasteiger partial charge in [-0.25, -0.2) is 8.42 Å². The maximum Gasteiger partial charge on any atom is 0.180 e. The van der Waals surface area contributed by atoms with Crippen molar-refractivity contribution in [1.82, 2.24) is 0 Å². The largest absolute Gasteiger partial charge is 0.409 e. The number of sulfone groups is 1. The lowest BCUT2D eigenvalue weighted by Crippen LogP contribution is -2.17. The Balaban J connectivity index is 2.66. The molecule has 1 aromatic rings. The number of benzene rings is 1. The molecule has 118 valence electrons. The van der Waals surface area contributed by atoms with Crippen LogP contribution in [0.25, 0.3) is 0 Å². The van der Waals surface area contributed by atoms with E-state index in [-0.39, 0.29) is 29.2 Å². The molecule has 21 heavy (non-hydrogen) atoms. The summed E-state index contributed by atoms with van der Waals surface area (Å²) in [5.41, 5.74) is 5.89. The van der Waals surface area contributed by atoms with E-state index >= 15 is 0 Å². The minimum atomic E-state index is -3.39. The average molecular weight is 314 g/mol. The Hall–Kier alpha value is -1.60. The first-order valence-electron chi connectivity index (χ1n) is 6.83. The van der Waals surface area contributed by atoms with Gasteiger partial charge in [0.05, 0.1) is 23.4 Å². The molecule has 0 heterocycles. The van der Waals surface area contributed by atoms with Crippen molar-refractivity contribution >= 4 is 15.7 Å². The van der Waals surface area contributed by atoms with Crippen molar-refractivity contribution in [2.24, 2.45) is 10.9 Å². The van der Waals surface area contributed by atoms with Crippen LogP contribution in [-0.4, -0.2) is 37.9 Å². The molecule has 6 nitrogen and oxygen atoms in total. The number of nitrogens with zero attached hydrogens (tertiary/aromatic N) is 1. The number of hydrogen-bond acceptors (Lipinski definition) is 5. The van der Waals surface area contributed by atoms with Gasteiger partial charge in [0.15, 0.2) is 15.7 Å². The third-order valence-electron chi connectivity index (χ3n) is 3.07. The Morgan fingerprint density at radius 2 is 2.00 bits per heavy atom. The van der Waals surface area contributed by atoms with Gasteiger partial charge in [-0.1, -0.05) is 18.5 Å². The van der Waals surface area contributed by atoms with E-state index in [2.05, 4.69) is 12.1 Å². The SMILES string of the molecule is CCCC(C)OCCS(=O)(=O)c1ccc(/C(N)=N/O)cc1. The van der Waals surface area contributed by atoms with Crippen molar-refractivity contribution in [2.75, 3.05) is 12.4 Å². The number of oxime groups is 1. The second-order valence-corrected chi connectivity index (χ2v) is 6.91. The number of amidine groups is 1. The topological polar surface area (TPSA) is 102 Å². The maximum absolute atomic E-state index is 12.1. The summed E-state index contributed by atoms with van der Waals surface area (Å²) in [6.45, 7) is 4.16. The molecule has 0 radical (unpaired) electrons. The minimum absolute atomic E-state index is 0.0596. The molecule has 0 aliphatic rings. The fourth-order valence-electron chi connectivity index (χ4n) is 1.86. The van der Waals surface area contributed by atoms with Gasteiger partial charge in [-0.2, -0.15) is 0 Å². The molecule has 3 N–H and O–H groups in total. The highest BCUT2D eigenvalue weighted by Gasteiger charge is 2.15. The zero-order valence-electron chi connectivity index (χ0n) is 12.3. The van der Waals surface area contributed by atoms with E-state index < -0.39 is 9.84 Å². The van der Waals surface area contributed by atoms with Crippen LogP contribution in [0.5, 0.6) is 0 Å². The van der Waals surface area contributed by atoms with E-state index in [1.807, 2.05) is 6.92 Å². The van der Waals surface area contributed by atoms with Crippen LogP contribution in [0, 0.1) is 0 Å². The van der Waals surface area contributed by atoms with E-state index in [0.717, 1.165) is 12.8 Å². The molecule has 0 aliphatic carbocycles. The van der Waals surface area contributed by atoms with Gasteiger partial charge in [0, 0.05) is 5.56 Å². The van der Waals surface area contributed by atoms with Crippen LogP contribution >= 0.6 is 0 Å². The summed E-state index contributed by atoms with van der Waals surface area (Å²) in [5, 5.41) is 11.4. The lowest BCUT2D eigenvalue weighted by atomic mass is 10.2. The Morgan fingerprint density at radius 1 is 1.38 bits per heavy atom. The molecule has 1 aromatic carbocycles. The van der Waals surface area contributed by atoms with Crippen LogP contribution in [0.3, 0.4) is 0 Å². The third kappa shape index (κ3) is 5.35. The molecule has 0 amide bonds. The van der Waals surface area contributed by atoms with Crippen LogP contribution in [0.1, 0.15) is 32.3 Å². The van der Waals surface area contributed by atoms with Crippen molar-refractivity contribution < 1.29 is 18.4 Å². The van der Waals surface area contributed by atoms with Crippen molar-refractivity contribution in [3.05, 3.63) is 29.8 Å². The highest BCUT2D eigenvalue weighted by atomic mass is 32.2. The number of hydrogen-bond donors (Lipinski definition) is 2. The Labute approximate surface area is 125 Å². The molecule has 7 heteroatoms. The summed E-state index contributed by atoms with van der Waals surface area (Å²) in [6.07, 6.45) is 1.98. The summed E-state index contributed by atoms with van der Waals surface area (Å²) in [5.74, 6) is -0.125. The normalized spacial score (nSPS) is 14.1. The molecule has 0 saturated heterocycles. The van der Waals surface area contributed by atoms with Crippen molar-refractivity contribution in [3.63, 3.8) is 0 Å². The van der Waals surface area contributed by atoms with E-state index in [1.165, 1.54) is 24.3 Å². The molecule has 0 fully saturated rings. The number of ether oxygens (including phenoxy) is 1. The number of rotatable bonds is 8. The van der Waals surface area contributed by atoms with E-state index in [1.54, 1.807) is 0 Å². The van der Waals surface area contributed by atoms with Gasteiger partial charge in [0.1, 0.15) is 0 Å². The monoisotopic (exact) mass is 314 g/mol. The smallest absolute Gasteiger partial charge is 0.180 e. The lowest BCUT2D eigenvalue weighted by molar-refractivity contribution is 0.0711. The molecular formula is C14H22N2O4S. The fraction of sp³-hybridized carbons (Fsp3) is 0.500. The second-order valence-electron chi connectivity index (χ2n) is 4.80.